The number of halogens is 1. The van der Waals surface area contributed by atoms with Crippen LogP contribution in [-0.2, 0) is 4.74 Å². The summed E-state index contributed by atoms with van der Waals surface area (Å²) in [5.74, 6) is 0.806. The Morgan fingerprint density at radius 2 is 1.89 bits per heavy atom. The van der Waals surface area contributed by atoms with E-state index in [1.807, 2.05) is 24.3 Å². The lowest BCUT2D eigenvalue weighted by atomic mass is 9.72. The van der Waals surface area contributed by atoms with Crippen LogP contribution in [0, 0.1) is 11.7 Å². The molecule has 1 aliphatic carbocycles. The quantitative estimate of drug-likeness (QED) is 0.820. The highest BCUT2D eigenvalue weighted by molar-refractivity contribution is 6.11. The van der Waals surface area contributed by atoms with E-state index < -0.39 is 0 Å². The topological polar surface area (TPSA) is 46.0 Å². The Bertz CT molecular complexity index is 877. The molecule has 0 aromatic heterocycles. The van der Waals surface area contributed by atoms with Crippen LogP contribution in [0.4, 0.5) is 4.39 Å². The second kappa shape index (κ2) is 8.01. The molecule has 1 aliphatic heterocycles. The van der Waals surface area contributed by atoms with Crippen LogP contribution in [-0.4, -0.2) is 38.5 Å². The van der Waals surface area contributed by atoms with E-state index >= 15 is 0 Å². The molecule has 4 rings (SSSR count). The van der Waals surface area contributed by atoms with Crippen molar-refractivity contribution in [1.29, 1.82) is 0 Å². The molecule has 2 aromatic carbocycles. The van der Waals surface area contributed by atoms with Crippen molar-refractivity contribution in [2.45, 2.75) is 18.8 Å². The SMILES string of the molecule is COCCCNC1=NCC2CC(c3ccccc3F)c3ccccc3C2=N1. The van der Waals surface area contributed by atoms with E-state index in [4.69, 9.17) is 9.73 Å². The van der Waals surface area contributed by atoms with Crippen molar-refractivity contribution < 1.29 is 9.13 Å². The molecule has 0 radical (unpaired) electrons. The molecule has 2 aromatic rings. The van der Waals surface area contributed by atoms with E-state index in [2.05, 4.69) is 22.4 Å². The number of methoxy groups -OCH3 is 1. The van der Waals surface area contributed by atoms with Crippen molar-refractivity contribution in [2.75, 3.05) is 26.8 Å². The summed E-state index contributed by atoms with van der Waals surface area (Å²) < 4.78 is 19.6. The summed E-state index contributed by atoms with van der Waals surface area (Å²) in [6.07, 6.45) is 1.74. The first-order chi connectivity index (χ1) is 13.3. The minimum absolute atomic E-state index is 0.0396. The normalized spacial score (nSPS) is 21.0. The van der Waals surface area contributed by atoms with Crippen LogP contribution in [0.2, 0.25) is 0 Å². The Morgan fingerprint density at radius 1 is 1.11 bits per heavy atom. The van der Waals surface area contributed by atoms with E-state index in [-0.39, 0.29) is 17.7 Å². The summed E-state index contributed by atoms with van der Waals surface area (Å²) in [6.45, 7) is 2.19. The van der Waals surface area contributed by atoms with Gasteiger partial charge in [-0.25, -0.2) is 9.38 Å². The number of guanidine groups is 1. The molecule has 1 N–H and O–H groups in total. The van der Waals surface area contributed by atoms with Crippen LogP contribution in [0.3, 0.4) is 0 Å². The fourth-order valence-corrected chi connectivity index (χ4v) is 4.00. The summed E-state index contributed by atoms with van der Waals surface area (Å²) in [6, 6.07) is 15.3. The van der Waals surface area contributed by atoms with E-state index in [0.29, 0.717) is 19.1 Å². The molecule has 0 saturated heterocycles. The summed E-state index contributed by atoms with van der Waals surface area (Å²) in [7, 11) is 1.70. The van der Waals surface area contributed by atoms with Crippen molar-refractivity contribution in [3.63, 3.8) is 0 Å². The first-order valence-corrected chi connectivity index (χ1v) is 9.47. The van der Waals surface area contributed by atoms with Crippen LogP contribution in [0.25, 0.3) is 0 Å². The fourth-order valence-electron chi connectivity index (χ4n) is 4.00. The zero-order valence-electron chi connectivity index (χ0n) is 15.5. The fraction of sp³-hybridized carbons (Fsp3) is 0.364. The van der Waals surface area contributed by atoms with Gasteiger partial charge in [-0.3, -0.25) is 4.99 Å². The third kappa shape index (κ3) is 3.65. The third-order valence-corrected chi connectivity index (χ3v) is 5.30. The summed E-state index contributed by atoms with van der Waals surface area (Å²) >= 11 is 0. The van der Waals surface area contributed by atoms with Crippen molar-refractivity contribution in [3.05, 3.63) is 71.0 Å². The maximum absolute atomic E-state index is 14.5. The second-order valence-electron chi connectivity index (χ2n) is 7.03. The lowest BCUT2D eigenvalue weighted by molar-refractivity contribution is 0.195. The first-order valence-electron chi connectivity index (χ1n) is 9.47. The number of nitrogens with zero attached hydrogens (tertiary/aromatic N) is 2. The molecule has 0 spiro atoms. The van der Waals surface area contributed by atoms with E-state index in [1.165, 1.54) is 0 Å². The maximum atomic E-state index is 14.5. The van der Waals surface area contributed by atoms with Crippen molar-refractivity contribution in [1.82, 2.24) is 5.32 Å². The largest absolute Gasteiger partial charge is 0.385 e. The lowest BCUT2D eigenvalue weighted by Crippen LogP contribution is -2.36. The van der Waals surface area contributed by atoms with Gasteiger partial charge in [0.2, 0.25) is 5.96 Å². The average molecular weight is 365 g/mol. The number of rotatable bonds is 5. The number of ether oxygens (including phenoxy) is 1. The molecule has 140 valence electrons. The molecule has 0 amide bonds. The van der Waals surface area contributed by atoms with Crippen LogP contribution in [0.5, 0.6) is 0 Å². The van der Waals surface area contributed by atoms with Crippen LogP contribution in [0.15, 0.2) is 58.5 Å². The van der Waals surface area contributed by atoms with E-state index in [1.54, 1.807) is 19.2 Å². The Kier molecular flexibility index (Phi) is 5.30. The van der Waals surface area contributed by atoms with Gasteiger partial charge in [-0.1, -0.05) is 42.5 Å². The maximum Gasteiger partial charge on any atom is 0.218 e. The van der Waals surface area contributed by atoms with Gasteiger partial charge in [0.15, 0.2) is 0 Å². The van der Waals surface area contributed by atoms with Crippen LogP contribution < -0.4 is 5.32 Å². The van der Waals surface area contributed by atoms with Gasteiger partial charge in [0.25, 0.3) is 0 Å². The molecule has 27 heavy (non-hydrogen) atoms. The Labute approximate surface area is 159 Å². The highest BCUT2D eigenvalue weighted by Gasteiger charge is 2.35. The van der Waals surface area contributed by atoms with Crippen LogP contribution >= 0.6 is 0 Å². The number of nitrogens with one attached hydrogen (secondary N) is 1. The summed E-state index contributed by atoms with van der Waals surface area (Å²) in [5.41, 5.74) is 4.10. The predicted molar refractivity (Wildman–Crippen MR) is 106 cm³/mol. The van der Waals surface area contributed by atoms with Gasteiger partial charge < -0.3 is 10.1 Å². The second-order valence-corrected chi connectivity index (χ2v) is 7.03. The number of hydrogen-bond donors (Lipinski definition) is 1. The molecule has 0 fully saturated rings. The molecule has 0 bridgehead atoms. The number of aliphatic imine (C=N–C) groups is 2. The van der Waals surface area contributed by atoms with Crippen molar-refractivity contribution in [2.24, 2.45) is 15.9 Å². The summed E-state index contributed by atoms with van der Waals surface area (Å²) in [4.78, 5) is 9.43. The molecule has 2 aliphatic rings. The standard InChI is InChI=1S/C22H24FN3O/c1-27-12-6-11-24-22-25-14-15-13-19(17-8-4-5-10-20(17)23)16-7-2-3-9-18(16)21(15)26-22/h2-5,7-10,15,19H,6,11-14H2,1H3,(H,24,25). The van der Waals surface area contributed by atoms with Gasteiger partial charge in [0, 0.05) is 37.7 Å². The van der Waals surface area contributed by atoms with Crippen molar-refractivity contribution in [3.8, 4) is 0 Å². The Balaban J connectivity index is 1.64. The molecule has 1 heterocycles. The molecule has 2 atom stereocenters. The molecule has 4 nitrogen and oxygen atoms in total. The summed E-state index contributed by atoms with van der Waals surface area (Å²) in [5, 5.41) is 3.29. The Morgan fingerprint density at radius 3 is 2.70 bits per heavy atom. The zero-order valence-corrected chi connectivity index (χ0v) is 15.5. The van der Waals surface area contributed by atoms with Gasteiger partial charge in [-0.05, 0) is 30.0 Å². The highest BCUT2D eigenvalue weighted by atomic mass is 19.1. The molecule has 5 heteroatoms. The first kappa shape index (κ1) is 17.9. The third-order valence-electron chi connectivity index (χ3n) is 5.30. The Hall–Kier alpha value is -2.53. The predicted octanol–water partition coefficient (Wildman–Crippen LogP) is 3.76. The van der Waals surface area contributed by atoms with Gasteiger partial charge in [-0.2, -0.15) is 0 Å². The smallest absolute Gasteiger partial charge is 0.218 e. The van der Waals surface area contributed by atoms with Gasteiger partial charge >= 0.3 is 0 Å². The van der Waals surface area contributed by atoms with E-state index in [0.717, 1.165) is 41.8 Å². The number of hydrogen-bond acceptors (Lipinski definition) is 4. The molecular weight excluding hydrogens is 341 g/mol. The minimum Gasteiger partial charge on any atom is -0.385 e. The van der Waals surface area contributed by atoms with E-state index in [9.17, 15) is 4.39 Å². The molecule has 2 unspecified atom stereocenters. The zero-order chi connectivity index (χ0) is 18.6. The lowest BCUT2D eigenvalue weighted by Gasteiger charge is -2.34. The van der Waals surface area contributed by atoms with Gasteiger partial charge in [-0.15, -0.1) is 0 Å². The highest BCUT2D eigenvalue weighted by Crippen LogP contribution is 2.41. The van der Waals surface area contributed by atoms with Crippen molar-refractivity contribution >= 4 is 11.7 Å². The molecule has 0 saturated carbocycles. The molecular formula is C22H24FN3O. The number of benzene rings is 2. The monoisotopic (exact) mass is 365 g/mol. The average Bonchev–Trinajstić information content (AvgIpc) is 2.71. The van der Waals surface area contributed by atoms with Gasteiger partial charge in [0.05, 0.1) is 12.3 Å². The number of fused-ring (bicyclic) bond motifs is 3. The van der Waals surface area contributed by atoms with Crippen LogP contribution in [0.1, 0.15) is 35.4 Å². The van der Waals surface area contributed by atoms with Gasteiger partial charge in [0.1, 0.15) is 5.82 Å². The minimum atomic E-state index is -0.141.